The van der Waals surface area contributed by atoms with Gasteiger partial charge in [-0.25, -0.2) is 13.1 Å². The zero-order valence-corrected chi connectivity index (χ0v) is 12.3. The number of hydrogen-bond donors (Lipinski definition) is 2. The number of benzene rings is 1. The standard InChI is InChI=1S/C11H18N4O4S/c1-8(7-14(2)3)13-20(18,19)11-6-9(15(16)17)4-5-10(11)12/h4-6,8,13H,7,12H2,1-3H3. The number of nitrogens with one attached hydrogen (secondary N) is 1. The molecule has 0 saturated carbocycles. The summed E-state index contributed by atoms with van der Waals surface area (Å²) < 4.78 is 26.8. The van der Waals surface area contributed by atoms with Crippen LogP contribution in [0.15, 0.2) is 23.1 Å². The van der Waals surface area contributed by atoms with Gasteiger partial charge in [0.1, 0.15) is 4.90 Å². The van der Waals surface area contributed by atoms with E-state index < -0.39 is 14.9 Å². The maximum atomic E-state index is 12.2. The van der Waals surface area contributed by atoms with Gasteiger partial charge in [-0.2, -0.15) is 0 Å². The number of nitrogen functional groups attached to an aromatic ring is 1. The quantitative estimate of drug-likeness (QED) is 0.446. The van der Waals surface area contributed by atoms with E-state index in [-0.39, 0.29) is 22.3 Å². The van der Waals surface area contributed by atoms with Crippen LogP contribution in [0.5, 0.6) is 0 Å². The molecule has 1 rings (SSSR count). The van der Waals surface area contributed by atoms with E-state index in [1.165, 1.54) is 6.07 Å². The lowest BCUT2D eigenvalue weighted by Crippen LogP contribution is -2.39. The second-order valence-corrected chi connectivity index (χ2v) is 6.45. The summed E-state index contributed by atoms with van der Waals surface area (Å²) in [4.78, 5) is 11.6. The first kappa shape index (κ1) is 16.3. The number of nitro benzene ring substituents is 1. The average molecular weight is 302 g/mol. The lowest BCUT2D eigenvalue weighted by molar-refractivity contribution is -0.385. The third kappa shape index (κ3) is 4.15. The van der Waals surface area contributed by atoms with Crippen molar-refractivity contribution < 1.29 is 13.3 Å². The Morgan fingerprint density at radius 2 is 2.05 bits per heavy atom. The lowest BCUT2D eigenvalue weighted by atomic mass is 10.3. The molecule has 0 spiro atoms. The topological polar surface area (TPSA) is 119 Å². The lowest BCUT2D eigenvalue weighted by Gasteiger charge is -2.18. The van der Waals surface area contributed by atoms with Crippen molar-refractivity contribution in [3.63, 3.8) is 0 Å². The van der Waals surface area contributed by atoms with E-state index in [2.05, 4.69) is 4.72 Å². The minimum atomic E-state index is -3.90. The van der Waals surface area contributed by atoms with Crippen LogP contribution in [-0.4, -0.2) is 44.9 Å². The van der Waals surface area contributed by atoms with Crippen molar-refractivity contribution in [1.29, 1.82) is 0 Å². The van der Waals surface area contributed by atoms with E-state index in [9.17, 15) is 18.5 Å². The van der Waals surface area contributed by atoms with Gasteiger partial charge in [0.05, 0.1) is 10.6 Å². The van der Waals surface area contributed by atoms with Gasteiger partial charge in [0.15, 0.2) is 0 Å². The van der Waals surface area contributed by atoms with Crippen molar-refractivity contribution in [1.82, 2.24) is 9.62 Å². The van der Waals surface area contributed by atoms with Crippen molar-refractivity contribution in [2.24, 2.45) is 0 Å². The molecule has 20 heavy (non-hydrogen) atoms. The van der Waals surface area contributed by atoms with Crippen molar-refractivity contribution in [2.45, 2.75) is 17.9 Å². The molecule has 0 amide bonds. The largest absolute Gasteiger partial charge is 0.398 e. The Hall–Kier alpha value is -1.71. The third-order valence-electron chi connectivity index (χ3n) is 2.49. The molecule has 0 radical (unpaired) electrons. The molecule has 112 valence electrons. The van der Waals surface area contributed by atoms with E-state index in [0.29, 0.717) is 6.54 Å². The van der Waals surface area contributed by atoms with Gasteiger partial charge in [0.2, 0.25) is 10.0 Å². The highest BCUT2D eigenvalue weighted by Gasteiger charge is 2.23. The van der Waals surface area contributed by atoms with Gasteiger partial charge in [-0.1, -0.05) is 0 Å². The molecule has 3 N–H and O–H groups in total. The fourth-order valence-corrected chi connectivity index (χ4v) is 3.17. The highest BCUT2D eigenvalue weighted by atomic mass is 32.2. The third-order valence-corrected chi connectivity index (χ3v) is 4.14. The number of likely N-dealkylation sites (N-methyl/N-ethyl adjacent to an activating group) is 1. The molecule has 0 saturated heterocycles. The SMILES string of the molecule is CC(CN(C)C)NS(=O)(=O)c1cc([N+](=O)[O-])ccc1N. The highest BCUT2D eigenvalue weighted by molar-refractivity contribution is 7.89. The van der Waals surface area contributed by atoms with Gasteiger partial charge in [-0.05, 0) is 27.1 Å². The number of non-ortho nitro benzene ring substituents is 1. The van der Waals surface area contributed by atoms with Crippen molar-refractivity contribution in [3.05, 3.63) is 28.3 Å². The number of nitrogens with two attached hydrogens (primary N) is 1. The van der Waals surface area contributed by atoms with E-state index in [1.54, 1.807) is 6.92 Å². The molecule has 1 atom stereocenters. The zero-order valence-electron chi connectivity index (χ0n) is 11.5. The first-order valence-electron chi connectivity index (χ1n) is 5.84. The Morgan fingerprint density at radius 3 is 2.55 bits per heavy atom. The van der Waals surface area contributed by atoms with Crippen LogP contribution in [0.2, 0.25) is 0 Å². The van der Waals surface area contributed by atoms with Crippen LogP contribution in [-0.2, 0) is 10.0 Å². The Morgan fingerprint density at radius 1 is 1.45 bits per heavy atom. The molecular formula is C11H18N4O4S. The summed E-state index contributed by atoms with van der Waals surface area (Å²) in [5.74, 6) is 0. The van der Waals surface area contributed by atoms with Gasteiger partial charge in [0.25, 0.3) is 5.69 Å². The molecule has 1 aromatic rings. The summed E-state index contributed by atoms with van der Waals surface area (Å²) in [6, 6.07) is 2.98. The predicted octanol–water partition coefficient (Wildman–Crippen LogP) is 0.405. The first-order valence-corrected chi connectivity index (χ1v) is 7.33. The molecule has 0 aliphatic heterocycles. The molecule has 0 bridgehead atoms. The highest BCUT2D eigenvalue weighted by Crippen LogP contribution is 2.24. The van der Waals surface area contributed by atoms with E-state index in [0.717, 1.165) is 12.1 Å². The van der Waals surface area contributed by atoms with Crippen molar-refractivity contribution in [2.75, 3.05) is 26.4 Å². The fraction of sp³-hybridized carbons (Fsp3) is 0.455. The summed E-state index contributed by atoms with van der Waals surface area (Å²) in [7, 11) is -0.274. The summed E-state index contributed by atoms with van der Waals surface area (Å²) in [5.41, 5.74) is 5.25. The van der Waals surface area contributed by atoms with Crippen LogP contribution in [0.3, 0.4) is 0 Å². The second-order valence-electron chi connectivity index (χ2n) is 4.76. The molecule has 1 unspecified atom stereocenters. The van der Waals surface area contributed by atoms with Crippen LogP contribution >= 0.6 is 0 Å². The minimum Gasteiger partial charge on any atom is -0.398 e. The number of nitrogens with zero attached hydrogens (tertiary/aromatic N) is 2. The van der Waals surface area contributed by atoms with Gasteiger partial charge in [-0.15, -0.1) is 0 Å². The number of rotatable bonds is 6. The van der Waals surface area contributed by atoms with Crippen molar-refractivity contribution >= 4 is 21.4 Å². The molecule has 9 heteroatoms. The molecule has 8 nitrogen and oxygen atoms in total. The van der Waals surface area contributed by atoms with E-state index in [1.807, 2.05) is 19.0 Å². The molecule has 0 heterocycles. The number of nitro groups is 1. The number of hydrogen-bond acceptors (Lipinski definition) is 6. The maximum absolute atomic E-state index is 12.2. The van der Waals surface area contributed by atoms with Crippen LogP contribution in [0, 0.1) is 10.1 Å². The summed E-state index contributed by atoms with van der Waals surface area (Å²) in [5, 5.41) is 10.7. The van der Waals surface area contributed by atoms with Crippen LogP contribution in [0.1, 0.15) is 6.92 Å². The number of anilines is 1. The summed E-state index contributed by atoms with van der Waals surface area (Å²) in [6.07, 6.45) is 0. The first-order chi connectivity index (χ1) is 9.13. The average Bonchev–Trinajstić information content (AvgIpc) is 2.26. The van der Waals surface area contributed by atoms with Gasteiger partial charge in [0, 0.05) is 24.7 Å². The summed E-state index contributed by atoms with van der Waals surface area (Å²) >= 11 is 0. The van der Waals surface area contributed by atoms with E-state index in [4.69, 9.17) is 5.73 Å². The van der Waals surface area contributed by atoms with Gasteiger partial charge in [-0.3, -0.25) is 10.1 Å². The van der Waals surface area contributed by atoms with Crippen molar-refractivity contribution in [3.8, 4) is 0 Å². The smallest absolute Gasteiger partial charge is 0.270 e. The Labute approximate surface area is 117 Å². The number of sulfonamides is 1. The molecule has 0 aliphatic carbocycles. The van der Waals surface area contributed by atoms with Gasteiger partial charge >= 0.3 is 0 Å². The Balaban J connectivity index is 3.09. The predicted molar refractivity (Wildman–Crippen MR) is 75.8 cm³/mol. The van der Waals surface area contributed by atoms with Gasteiger partial charge < -0.3 is 10.6 Å². The monoisotopic (exact) mass is 302 g/mol. The van der Waals surface area contributed by atoms with E-state index >= 15 is 0 Å². The fourth-order valence-electron chi connectivity index (χ4n) is 1.78. The molecule has 0 fully saturated rings. The zero-order chi connectivity index (χ0) is 15.5. The molecular weight excluding hydrogens is 284 g/mol. The Bertz CT molecular complexity index is 600. The van der Waals surface area contributed by atoms with Crippen LogP contribution < -0.4 is 10.5 Å². The summed E-state index contributed by atoms with van der Waals surface area (Å²) in [6.45, 7) is 2.19. The molecule has 0 aliphatic rings. The Kier molecular flexibility index (Phi) is 5.03. The van der Waals surface area contributed by atoms with Crippen LogP contribution in [0.25, 0.3) is 0 Å². The minimum absolute atomic E-state index is 0.0276. The van der Waals surface area contributed by atoms with Crippen LogP contribution in [0.4, 0.5) is 11.4 Å². The molecule has 0 aromatic heterocycles. The molecule has 1 aromatic carbocycles. The second kappa shape index (κ2) is 6.16. The normalized spacial score (nSPS) is 13.4. The maximum Gasteiger partial charge on any atom is 0.270 e.